The molecule has 3 rings (SSSR count). The lowest BCUT2D eigenvalue weighted by molar-refractivity contribution is -0.127. The summed E-state index contributed by atoms with van der Waals surface area (Å²) in [5.41, 5.74) is 3.53. The van der Waals surface area contributed by atoms with Crippen LogP contribution in [0.4, 0.5) is 0 Å². The van der Waals surface area contributed by atoms with Crippen LogP contribution in [0.15, 0.2) is 60.7 Å². The zero-order chi connectivity index (χ0) is 18.7. The van der Waals surface area contributed by atoms with Crippen molar-refractivity contribution < 1.29 is 9.53 Å². The first kappa shape index (κ1) is 18.0. The van der Waals surface area contributed by atoms with E-state index in [2.05, 4.69) is 37.4 Å². The predicted molar refractivity (Wildman–Crippen MR) is 107 cm³/mol. The summed E-state index contributed by atoms with van der Waals surface area (Å²) in [6.07, 6.45) is -0.575. The number of aryl methyl sites for hydroxylation is 2. The van der Waals surface area contributed by atoms with Gasteiger partial charge in [0.25, 0.3) is 5.91 Å². The largest absolute Gasteiger partial charge is 0.480 e. The Morgan fingerprint density at radius 1 is 0.962 bits per heavy atom. The van der Waals surface area contributed by atoms with Gasteiger partial charge >= 0.3 is 0 Å². The molecule has 0 aliphatic carbocycles. The smallest absolute Gasteiger partial charge is 0.261 e. The van der Waals surface area contributed by atoms with Gasteiger partial charge < -0.3 is 10.1 Å². The molecule has 3 heteroatoms. The molecule has 3 nitrogen and oxygen atoms in total. The van der Waals surface area contributed by atoms with Crippen LogP contribution in [0.3, 0.4) is 0 Å². The number of benzene rings is 3. The first-order valence-electron chi connectivity index (χ1n) is 8.97. The van der Waals surface area contributed by atoms with E-state index in [1.165, 1.54) is 11.1 Å². The summed E-state index contributed by atoms with van der Waals surface area (Å²) < 4.78 is 5.96. The van der Waals surface area contributed by atoms with Crippen molar-refractivity contribution in [2.24, 2.45) is 0 Å². The van der Waals surface area contributed by atoms with Crippen LogP contribution in [0.1, 0.15) is 36.6 Å². The number of hydrogen-bond acceptors (Lipinski definition) is 2. The third-order valence-electron chi connectivity index (χ3n) is 4.67. The van der Waals surface area contributed by atoms with Gasteiger partial charge in [-0.25, -0.2) is 0 Å². The Balaban J connectivity index is 1.71. The van der Waals surface area contributed by atoms with E-state index in [1.54, 1.807) is 6.92 Å². The number of carbonyl (C=O) groups is 1. The van der Waals surface area contributed by atoms with E-state index < -0.39 is 6.10 Å². The zero-order valence-electron chi connectivity index (χ0n) is 15.7. The maximum Gasteiger partial charge on any atom is 0.261 e. The second kappa shape index (κ2) is 7.61. The molecular weight excluding hydrogens is 322 g/mol. The highest BCUT2D eigenvalue weighted by molar-refractivity contribution is 5.89. The number of ether oxygens (including phenoxy) is 1. The van der Waals surface area contributed by atoms with Crippen molar-refractivity contribution in [3.05, 3.63) is 77.4 Å². The van der Waals surface area contributed by atoms with Gasteiger partial charge in [0.15, 0.2) is 6.10 Å². The number of fused-ring (bicyclic) bond motifs is 1. The molecule has 134 valence electrons. The molecule has 0 fully saturated rings. The van der Waals surface area contributed by atoms with Gasteiger partial charge in [0, 0.05) is 5.39 Å². The van der Waals surface area contributed by atoms with Crippen molar-refractivity contribution in [1.82, 2.24) is 5.32 Å². The van der Waals surface area contributed by atoms with Crippen molar-refractivity contribution in [2.75, 3.05) is 0 Å². The molecule has 0 saturated heterocycles. The second-order valence-electron chi connectivity index (χ2n) is 6.83. The monoisotopic (exact) mass is 347 g/mol. The van der Waals surface area contributed by atoms with Gasteiger partial charge in [-0.15, -0.1) is 0 Å². The Bertz CT molecular complexity index is 927. The van der Waals surface area contributed by atoms with Gasteiger partial charge in [0.05, 0.1) is 6.04 Å². The topological polar surface area (TPSA) is 38.3 Å². The average Bonchev–Trinajstić information content (AvgIpc) is 2.61. The Morgan fingerprint density at radius 2 is 1.69 bits per heavy atom. The van der Waals surface area contributed by atoms with Crippen molar-refractivity contribution in [2.45, 2.75) is 39.8 Å². The molecular formula is C23H25NO2. The Kier molecular flexibility index (Phi) is 5.27. The SMILES string of the molecule is Cc1ccc([C@H](C)NC(=O)[C@H](C)Oc2cccc3ccccc23)c(C)c1. The van der Waals surface area contributed by atoms with Gasteiger partial charge in [0.2, 0.25) is 0 Å². The summed E-state index contributed by atoms with van der Waals surface area (Å²) in [6, 6.07) is 20.1. The third-order valence-corrected chi connectivity index (χ3v) is 4.67. The van der Waals surface area contributed by atoms with Gasteiger partial charge in [-0.3, -0.25) is 4.79 Å². The van der Waals surface area contributed by atoms with E-state index in [0.29, 0.717) is 0 Å². The van der Waals surface area contributed by atoms with E-state index in [9.17, 15) is 4.79 Å². The van der Waals surface area contributed by atoms with Crippen molar-refractivity contribution >= 4 is 16.7 Å². The highest BCUT2D eigenvalue weighted by Gasteiger charge is 2.19. The summed E-state index contributed by atoms with van der Waals surface area (Å²) in [5, 5.41) is 5.17. The molecule has 0 saturated carbocycles. The van der Waals surface area contributed by atoms with Gasteiger partial charge in [0.1, 0.15) is 5.75 Å². The summed E-state index contributed by atoms with van der Waals surface area (Å²) >= 11 is 0. The third kappa shape index (κ3) is 3.88. The minimum atomic E-state index is -0.575. The number of hydrogen-bond donors (Lipinski definition) is 1. The summed E-state index contributed by atoms with van der Waals surface area (Å²) in [7, 11) is 0. The van der Waals surface area contributed by atoms with Crippen LogP contribution in [0.25, 0.3) is 10.8 Å². The van der Waals surface area contributed by atoms with Crippen molar-refractivity contribution in [1.29, 1.82) is 0 Å². The first-order valence-corrected chi connectivity index (χ1v) is 8.97. The zero-order valence-corrected chi connectivity index (χ0v) is 15.7. The minimum absolute atomic E-state index is 0.0679. The number of rotatable bonds is 5. The normalized spacial score (nSPS) is 13.2. The van der Waals surface area contributed by atoms with Crippen LogP contribution in [0, 0.1) is 13.8 Å². The fourth-order valence-electron chi connectivity index (χ4n) is 3.26. The number of nitrogens with one attached hydrogen (secondary N) is 1. The minimum Gasteiger partial charge on any atom is -0.480 e. The van der Waals surface area contributed by atoms with Crippen LogP contribution in [0.5, 0.6) is 5.75 Å². The van der Waals surface area contributed by atoms with Crippen LogP contribution in [-0.2, 0) is 4.79 Å². The molecule has 0 unspecified atom stereocenters. The summed E-state index contributed by atoms with van der Waals surface area (Å²) in [6.45, 7) is 7.92. The number of amides is 1. The van der Waals surface area contributed by atoms with Crippen LogP contribution >= 0.6 is 0 Å². The quantitative estimate of drug-likeness (QED) is 0.697. The molecule has 2 atom stereocenters. The van der Waals surface area contributed by atoms with Gasteiger partial charge in [-0.1, -0.05) is 60.2 Å². The number of carbonyl (C=O) groups excluding carboxylic acids is 1. The van der Waals surface area contributed by atoms with Gasteiger partial charge in [-0.2, -0.15) is 0 Å². The molecule has 0 aromatic heterocycles. The molecule has 0 radical (unpaired) electrons. The van der Waals surface area contributed by atoms with E-state index in [-0.39, 0.29) is 11.9 Å². The summed E-state index contributed by atoms with van der Waals surface area (Å²) in [5.74, 6) is 0.607. The molecule has 3 aromatic carbocycles. The highest BCUT2D eigenvalue weighted by Crippen LogP contribution is 2.26. The highest BCUT2D eigenvalue weighted by atomic mass is 16.5. The molecule has 1 N–H and O–H groups in total. The molecule has 0 heterocycles. The molecule has 1 amide bonds. The molecule has 0 aliphatic heterocycles. The molecule has 0 bridgehead atoms. The summed E-state index contributed by atoms with van der Waals surface area (Å²) in [4.78, 5) is 12.6. The second-order valence-corrected chi connectivity index (χ2v) is 6.83. The molecule has 0 spiro atoms. The first-order chi connectivity index (χ1) is 12.5. The molecule has 0 aliphatic rings. The van der Waals surface area contributed by atoms with Crippen LogP contribution < -0.4 is 10.1 Å². The lowest BCUT2D eigenvalue weighted by Crippen LogP contribution is -2.38. The maximum absolute atomic E-state index is 12.6. The average molecular weight is 347 g/mol. The van der Waals surface area contributed by atoms with Crippen LogP contribution in [-0.4, -0.2) is 12.0 Å². The fraction of sp³-hybridized carbons (Fsp3) is 0.261. The molecule has 3 aromatic rings. The van der Waals surface area contributed by atoms with E-state index in [4.69, 9.17) is 4.74 Å². The molecule has 26 heavy (non-hydrogen) atoms. The Hall–Kier alpha value is -2.81. The standard InChI is InChI=1S/C23H25NO2/c1-15-12-13-20(16(2)14-15)17(3)24-23(25)18(4)26-22-11-7-9-19-8-5-6-10-21(19)22/h5-14,17-18H,1-4H3,(H,24,25)/t17-,18-/m0/s1. The fourth-order valence-corrected chi connectivity index (χ4v) is 3.26. The van der Waals surface area contributed by atoms with Crippen molar-refractivity contribution in [3.63, 3.8) is 0 Å². The predicted octanol–water partition coefficient (Wildman–Crippen LogP) is 5.10. The van der Waals surface area contributed by atoms with Crippen LogP contribution in [0.2, 0.25) is 0 Å². The van der Waals surface area contributed by atoms with E-state index in [1.807, 2.05) is 49.4 Å². The lowest BCUT2D eigenvalue weighted by Gasteiger charge is -2.21. The van der Waals surface area contributed by atoms with E-state index >= 15 is 0 Å². The Morgan fingerprint density at radius 3 is 2.46 bits per heavy atom. The maximum atomic E-state index is 12.6. The lowest BCUT2D eigenvalue weighted by atomic mass is 10.00. The Labute approximate surface area is 155 Å². The van der Waals surface area contributed by atoms with Crippen molar-refractivity contribution in [3.8, 4) is 5.75 Å². The van der Waals surface area contributed by atoms with Gasteiger partial charge in [-0.05, 0) is 50.3 Å². The van der Waals surface area contributed by atoms with E-state index in [0.717, 1.165) is 22.1 Å².